The molecule has 0 saturated heterocycles. The quantitative estimate of drug-likeness (QED) is 0.224. The van der Waals surface area contributed by atoms with E-state index < -0.39 is 11.6 Å². The fourth-order valence-corrected chi connectivity index (χ4v) is 6.50. The van der Waals surface area contributed by atoms with E-state index in [-0.39, 0.29) is 16.9 Å². The molecule has 0 bridgehead atoms. The fraction of sp³-hybridized carbons (Fsp3) is 0.217. The third-order valence-corrected chi connectivity index (χ3v) is 8.13. The monoisotopic (exact) mass is 518 g/mol. The van der Waals surface area contributed by atoms with E-state index in [0.29, 0.717) is 21.1 Å². The van der Waals surface area contributed by atoms with Gasteiger partial charge >= 0.3 is 0 Å². The van der Waals surface area contributed by atoms with Crippen molar-refractivity contribution >= 4 is 49.2 Å². The molecule has 2 heterocycles. The van der Waals surface area contributed by atoms with Crippen LogP contribution in [-0.2, 0) is 18.6 Å². The summed E-state index contributed by atoms with van der Waals surface area (Å²) >= 11 is 6.16. The van der Waals surface area contributed by atoms with Gasteiger partial charge in [0.15, 0.2) is 5.16 Å². The van der Waals surface area contributed by atoms with Crippen LogP contribution in [0.25, 0.3) is 15.9 Å². The summed E-state index contributed by atoms with van der Waals surface area (Å²) in [6.45, 7) is 0. The van der Waals surface area contributed by atoms with Crippen molar-refractivity contribution in [2.75, 3.05) is 0 Å². The zero-order chi connectivity index (χ0) is 21.5. The van der Waals surface area contributed by atoms with Gasteiger partial charge in [0.25, 0.3) is 5.56 Å². The summed E-state index contributed by atoms with van der Waals surface area (Å²) in [7, 11) is 0. The predicted molar refractivity (Wildman–Crippen MR) is 125 cm³/mol. The van der Waals surface area contributed by atoms with Crippen molar-refractivity contribution in [3.05, 3.63) is 84.9 Å². The molecule has 0 radical (unpaired) electrons. The van der Waals surface area contributed by atoms with Crippen LogP contribution in [0.1, 0.15) is 28.8 Å². The minimum Gasteiger partial charge on any atom is -0.268 e. The smallest absolute Gasteiger partial charge is 0.267 e. The molecule has 3 nitrogen and oxygen atoms in total. The van der Waals surface area contributed by atoms with E-state index in [0.717, 1.165) is 35.7 Å². The standard InChI is InChI=1S/C23H17BrF2N2OS2/c24-13-8-10-14(11-9-13)28-22(29)20-15-4-1-2-7-19(15)31-21(20)27-23(28)30-12-16-17(25)5-3-6-18(16)26/h3,5-6,8-11H,1-2,4,7,12H2. The minimum absolute atomic E-state index is 0.0188. The Balaban J connectivity index is 1.67. The summed E-state index contributed by atoms with van der Waals surface area (Å²) in [5, 5.41) is 1.12. The normalized spacial score (nSPS) is 13.5. The van der Waals surface area contributed by atoms with Gasteiger partial charge in [0.1, 0.15) is 16.5 Å². The summed E-state index contributed by atoms with van der Waals surface area (Å²) in [4.78, 5) is 20.4. The molecule has 2 aromatic carbocycles. The number of aryl methyl sites for hydroxylation is 2. The van der Waals surface area contributed by atoms with E-state index in [1.165, 1.54) is 34.8 Å². The maximum Gasteiger partial charge on any atom is 0.267 e. The van der Waals surface area contributed by atoms with Gasteiger partial charge in [-0.15, -0.1) is 11.3 Å². The van der Waals surface area contributed by atoms with Gasteiger partial charge < -0.3 is 0 Å². The highest BCUT2D eigenvalue weighted by Crippen LogP contribution is 2.36. The molecule has 0 fully saturated rings. The van der Waals surface area contributed by atoms with Crippen molar-refractivity contribution in [2.24, 2.45) is 0 Å². The molecular formula is C23H17BrF2N2OS2. The Morgan fingerprint density at radius 3 is 2.52 bits per heavy atom. The van der Waals surface area contributed by atoms with Crippen molar-refractivity contribution in [3.63, 3.8) is 0 Å². The Bertz CT molecular complexity index is 1330. The number of thioether (sulfide) groups is 1. The maximum atomic E-state index is 14.2. The second kappa shape index (κ2) is 8.48. The minimum atomic E-state index is -0.599. The molecule has 0 saturated carbocycles. The molecule has 158 valence electrons. The van der Waals surface area contributed by atoms with E-state index in [1.54, 1.807) is 15.9 Å². The lowest BCUT2D eigenvalue weighted by molar-refractivity contribution is 0.566. The Morgan fingerprint density at radius 2 is 1.77 bits per heavy atom. The first-order valence-corrected chi connectivity index (χ1v) is 12.5. The second-order valence-electron chi connectivity index (χ2n) is 7.39. The molecule has 31 heavy (non-hydrogen) atoms. The van der Waals surface area contributed by atoms with Crippen molar-refractivity contribution < 1.29 is 8.78 Å². The first-order chi connectivity index (χ1) is 15.0. The van der Waals surface area contributed by atoms with Gasteiger partial charge in [-0.2, -0.15) is 0 Å². The molecule has 2 aromatic heterocycles. The highest BCUT2D eigenvalue weighted by Gasteiger charge is 2.23. The molecule has 0 amide bonds. The number of halogens is 3. The molecule has 4 aromatic rings. The molecule has 0 N–H and O–H groups in total. The Morgan fingerprint density at radius 1 is 1.06 bits per heavy atom. The summed E-state index contributed by atoms with van der Waals surface area (Å²) in [6.07, 6.45) is 4.05. The lowest BCUT2D eigenvalue weighted by Gasteiger charge is -2.14. The first kappa shape index (κ1) is 20.8. The summed E-state index contributed by atoms with van der Waals surface area (Å²) in [5.41, 5.74) is 1.65. The number of thiophene rings is 1. The van der Waals surface area contributed by atoms with Gasteiger partial charge in [-0.05, 0) is 67.6 Å². The molecule has 8 heteroatoms. The summed E-state index contributed by atoms with van der Waals surface area (Å²) in [5.74, 6) is -1.16. The van der Waals surface area contributed by atoms with E-state index >= 15 is 0 Å². The van der Waals surface area contributed by atoms with E-state index in [9.17, 15) is 13.6 Å². The van der Waals surface area contributed by atoms with Gasteiger partial charge in [0, 0.05) is 20.7 Å². The number of benzene rings is 2. The third kappa shape index (κ3) is 3.85. The Hall–Kier alpha value is -2.03. The number of nitrogens with zero attached hydrogens (tertiary/aromatic N) is 2. The SMILES string of the molecule is O=c1c2c3c(sc2nc(SCc2c(F)cccc2F)n1-c1ccc(Br)cc1)CCCC3. The van der Waals surface area contributed by atoms with Crippen LogP contribution in [0, 0.1) is 11.6 Å². The van der Waals surface area contributed by atoms with Crippen LogP contribution >= 0.6 is 39.0 Å². The van der Waals surface area contributed by atoms with E-state index in [1.807, 2.05) is 24.3 Å². The molecule has 1 aliphatic carbocycles. The van der Waals surface area contributed by atoms with Gasteiger partial charge in [0.05, 0.1) is 11.1 Å². The predicted octanol–water partition coefficient (Wildman–Crippen LogP) is 6.66. The lowest BCUT2D eigenvalue weighted by Crippen LogP contribution is -2.22. The number of aromatic nitrogens is 2. The highest BCUT2D eigenvalue weighted by atomic mass is 79.9. The zero-order valence-electron chi connectivity index (χ0n) is 16.3. The number of hydrogen-bond donors (Lipinski definition) is 0. The summed E-state index contributed by atoms with van der Waals surface area (Å²) < 4.78 is 30.8. The topological polar surface area (TPSA) is 34.9 Å². The van der Waals surface area contributed by atoms with Crippen LogP contribution in [0.3, 0.4) is 0 Å². The Labute approximate surface area is 194 Å². The van der Waals surface area contributed by atoms with E-state index in [2.05, 4.69) is 15.9 Å². The molecule has 0 aliphatic heterocycles. The lowest BCUT2D eigenvalue weighted by atomic mass is 9.97. The molecule has 0 spiro atoms. The van der Waals surface area contributed by atoms with Gasteiger partial charge in [-0.25, -0.2) is 13.8 Å². The van der Waals surface area contributed by atoms with Gasteiger partial charge in [-0.3, -0.25) is 9.36 Å². The highest BCUT2D eigenvalue weighted by molar-refractivity contribution is 9.10. The molecule has 5 rings (SSSR count). The van der Waals surface area contributed by atoms with Crippen LogP contribution in [0.2, 0.25) is 0 Å². The van der Waals surface area contributed by atoms with Crippen LogP contribution in [0.4, 0.5) is 8.78 Å². The van der Waals surface area contributed by atoms with E-state index in [4.69, 9.17) is 4.98 Å². The first-order valence-electron chi connectivity index (χ1n) is 9.92. The van der Waals surface area contributed by atoms with Crippen LogP contribution < -0.4 is 5.56 Å². The van der Waals surface area contributed by atoms with Gasteiger partial charge in [0.2, 0.25) is 0 Å². The number of rotatable bonds is 4. The van der Waals surface area contributed by atoms with Crippen molar-refractivity contribution in [1.29, 1.82) is 0 Å². The van der Waals surface area contributed by atoms with Crippen LogP contribution in [-0.4, -0.2) is 9.55 Å². The van der Waals surface area contributed by atoms with Gasteiger partial charge in [-0.1, -0.05) is 33.8 Å². The fourth-order valence-electron chi connectivity index (χ4n) is 3.91. The zero-order valence-corrected chi connectivity index (χ0v) is 19.5. The van der Waals surface area contributed by atoms with Crippen molar-refractivity contribution in [3.8, 4) is 5.69 Å². The average molecular weight is 519 g/mol. The second-order valence-corrected chi connectivity index (χ2v) is 10.3. The third-order valence-electron chi connectivity index (χ3n) is 5.45. The molecule has 0 atom stereocenters. The number of fused-ring (bicyclic) bond motifs is 3. The molecule has 1 aliphatic rings. The molecular weight excluding hydrogens is 502 g/mol. The van der Waals surface area contributed by atoms with Crippen molar-refractivity contribution in [2.45, 2.75) is 36.6 Å². The average Bonchev–Trinajstić information content (AvgIpc) is 3.13. The summed E-state index contributed by atoms with van der Waals surface area (Å²) in [6, 6.07) is 11.2. The number of hydrogen-bond acceptors (Lipinski definition) is 4. The largest absolute Gasteiger partial charge is 0.268 e. The Kier molecular flexibility index (Phi) is 5.71. The molecule has 0 unspecified atom stereocenters. The van der Waals surface area contributed by atoms with Crippen LogP contribution in [0.15, 0.2) is 56.9 Å². The maximum absolute atomic E-state index is 14.2. The van der Waals surface area contributed by atoms with Crippen LogP contribution in [0.5, 0.6) is 0 Å². The van der Waals surface area contributed by atoms with Crippen molar-refractivity contribution in [1.82, 2.24) is 9.55 Å².